The van der Waals surface area contributed by atoms with E-state index in [2.05, 4.69) is 30.9 Å². The van der Waals surface area contributed by atoms with Gasteiger partial charge in [-0.2, -0.15) is 0 Å². The molecule has 1 saturated heterocycles. The minimum absolute atomic E-state index is 0.0169. The fraction of sp³-hybridized carbons (Fsp3) is 0.625. The second-order valence-corrected chi connectivity index (χ2v) is 6.37. The third-order valence-electron chi connectivity index (χ3n) is 4.00. The highest BCUT2D eigenvalue weighted by molar-refractivity contribution is 6.31. The molecule has 2 unspecified atom stereocenters. The van der Waals surface area contributed by atoms with Crippen LogP contribution < -0.4 is 5.73 Å². The minimum Gasteiger partial charge on any atom is -0.374 e. The number of hydrogen-bond acceptors (Lipinski definition) is 3. The highest BCUT2D eigenvalue weighted by atomic mass is 35.5. The van der Waals surface area contributed by atoms with Crippen molar-refractivity contribution in [2.45, 2.75) is 45.4 Å². The SMILES string of the molecule is Cc1ccc(CC(N)C2CN(C(C)C)CCO2)c(Cl)c1. The molecule has 112 valence electrons. The molecule has 1 heterocycles. The van der Waals surface area contributed by atoms with E-state index in [1.807, 2.05) is 13.0 Å². The molecular weight excluding hydrogens is 272 g/mol. The smallest absolute Gasteiger partial charge is 0.0856 e. The van der Waals surface area contributed by atoms with Crippen LogP contribution in [-0.2, 0) is 11.2 Å². The summed E-state index contributed by atoms with van der Waals surface area (Å²) in [6.45, 7) is 9.13. The number of aryl methyl sites for hydroxylation is 1. The molecule has 1 aromatic carbocycles. The Bertz CT molecular complexity index is 450. The first-order chi connectivity index (χ1) is 9.47. The van der Waals surface area contributed by atoms with Crippen LogP contribution in [0.3, 0.4) is 0 Å². The van der Waals surface area contributed by atoms with Crippen LogP contribution in [0.1, 0.15) is 25.0 Å². The maximum absolute atomic E-state index is 6.34. The molecule has 0 radical (unpaired) electrons. The van der Waals surface area contributed by atoms with Crippen molar-refractivity contribution in [2.24, 2.45) is 5.73 Å². The van der Waals surface area contributed by atoms with Gasteiger partial charge in [-0.15, -0.1) is 0 Å². The molecule has 0 bridgehead atoms. The zero-order chi connectivity index (χ0) is 14.7. The van der Waals surface area contributed by atoms with Crippen LogP contribution in [0, 0.1) is 6.92 Å². The normalized spacial score (nSPS) is 22.2. The summed E-state index contributed by atoms with van der Waals surface area (Å²) in [6, 6.07) is 6.66. The summed E-state index contributed by atoms with van der Waals surface area (Å²) in [6.07, 6.45) is 0.846. The highest BCUT2D eigenvalue weighted by Crippen LogP contribution is 2.21. The van der Waals surface area contributed by atoms with Gasteiger partial charge in [-0.1, -0.05) is 23.7 Å². The standard InChI is InChI=1S/C16H25ClN2O/c1-11(2)19-6-7-20-16(10-19)15(18)9-13-5-4-12(3)8-14(13)17/h4-5,8,11,15-16H,6-7,9-10,18H2,1-3H3. The van der Waals surface area contributed by atoms with Crippen LogP contribution in [-0.4, -0.2) is 42.8 Å². The molecule has 0 saturated carbocycles. The van der Waals surface area contributed by atoms with Gasteiger partial charge in [0.25, 0.3) is 0 Å². The van der Waals surface area contributed by atoms with Gasteiger partial charge in [0, 0.05) is 30.2 Å². The number of morpholine rings is 1. The second kappa shape index (κ2) is 6.90. The molecule has 20 heavy (non-hydrogen) atoms. The van der Waals surface area contributed by atoms with Gasteiger partial charge < -0.3 is 10.5 Å². The molecule has 2 N–H and O–H groups in total. The summed E-state index contributed by atoms with van der Waals surface area (Å²) < 4.78 is 5.85. The Balaban J connectivity index is 1.98. The van der Waals surface area contributed by atoms with Crippen molar-refractivity contribution < 1.29 is 4.74 Å². The lowest BCUT2D eigenvalue weighted by atomic mass is 9.99. The van der Waals surface area contributed by atoms with E-state index in [9.17, 15) is 0 Å². The molecule has 0 aromatic heterocycles. The molecule has 2 atom stereocenters. The van der Waals surface area contributed by atoms with Crippen molar-refractivity contribution in [3.63, 3.8) is 0 Å². The van der Waals surface area contributed by atoms with E-state index in [4.69, 9.17) is 22.1 Å². The van der Waals surface area contributed by atoms with E-state index in [0.717, 1.165) is 36.7 Å². The Morgan fingerprint density at radius 2 is 2.20 bits per heavy atom. The summed E-state index contributed by atoms with van der Waals surface area (Å²) in [5.41, 5.74) is 8.62. The molecule has 1 fully saturated rings. The quantitative estimate of drug-likeness (QED) is 0.928. The summed E-state index contributed by atoms with van der Waals surface area (Å²) in [5, 5.41) is 0.803. The summed E-state index contributed by atoms with van der Waals surface area (Å²) in [4.78, 5) is 2.42. The van der Waals surface area contributed by atoms with Crippen LogP contribution in [0.15, 0.2) is 18.2 Å². The predicted octanol–water partition coefficient (Wildman–Crippen LogP) is 2.63. The lowest BCUT2D eigenvalue weighted by Gasteiger charge is -2.38. The number of nitrogens with zero attached hydrogens (tertiary/aromatic N) is 1. The van der Waals surface area contributed by atoms with Gasteiger partial charge in [0.15, 0.2) is 0 Å². The molecule has 0 aliphatic carbocycles. The van der Waals surface area contributed by atoms with Crippen molar-refractivity contribution in [2.75, 3.05) is 19.7 Å². The van der Waals surface area contributed by atoms with Gasteiger partial charge in [0.1, 0.15) is 0 Å². The largest absolute Gasteiger partial charge is 0.374 e. The molecule has 1 aromatic rings. The van der Waals surface area contributed by atoms with Crippen LogP contribution >= 0.6 is 11.6 Å². The first-order valence-corrected chi connectivity index (χ1v) is 7.71. The lowest BCUT2D eigenvalue weighted by Crippen LogP contribution is -2.53. The summed E-state index contributed by atoms with van der Waals surface area (Å²) >= 11 is 6.28. The van der Waals surface area contributed by atoms with Gasteiger partial charge in [-0.3, -0.25) is 4.90 Å². The molecule has 2 rings (SSSR count). The molecule has 1 aliphatic heterocycles. The first-order valence-electron chi connectivity index (χ1n) is 7.33. The van der Waals surface area contributed by atoms with Crippen LogP contribution in [0.2, 0.25) is 5.02 Å². The van der Waals surface area contributed by atoms with Crippen LogP contribution in [0.5, 0.6) is 0 Å². The van der Waals surface area contributed by atoms with Crippen molar-refractivity contribution in [3.05, 3.63) is 34.3 Å². The predicted molar refractivity (Wildman–Crippen MR) is 84.3 cm³/mol. The highest BCUT2D eigenvalue weighted by Gasteiger charge is 2.27. The van der Waals surface area contributed by atoms with Gasteiger partial charge in [-0.25, -0.2) is 0 Å². The molecule has 1 aliphatic rings. The number of ether oxygens (including phenoxy) is 1. The fourth-order valence-corrected chi connectivity index (χ4v) is 2.94. The average Bonchev–Trinajstić information content (AvgIpc) is 2.42. The second-order valence-electron chi connectivity index (χ2n) is 5.96. The van der Waals surface area contributed by atoms with E-state index < -0.39 is 0 Å². The molecule has 0 spiro atoms. The molecular formula is C16H25ClN2O. The van der Waals surface area contributed by atoms with E-state index in [1.54, 1.807) is 0 Å². The van der Waals surface area contributed by atoms with Crippen molar-refractivity contribution in [1.29, 1.82) is 0 Å². The Morgan fingerprint density at radius 1 is 1.45 bits per heavy atom. The summed E-state index contributed by atoms with van der Waals surface area (Å²) in [5.74, 6) is 0. The van der Waals surface area contributed by atoms with E-state index in [1.165, 1.54) is 5.56 Å². The molecule has 4 heteroatoms. The third kappa shape index (κ3) is 3.95. The Morgan fingerprint density at radius 3 is 2.85 bits per heavy atom. The van der Waals surface area contributed by atoms with E-state index >= 15 is 0 Å². The Hall–Kier alpha value is -0.610. The summed E-state index contributed by atoms with van der Waals surface area (Å²) in [7, 11) is 0. The van der Waals surface area contributed by atoms with Gasteiger partial charge in [-0.05, 0) is 44.4 Å². The Kier molecular flexibility index (Phi) is 5.44. The van der Waals surface area contributed by atoms with Crippen LogP contribution in [0.25, 0.3) is 0 Å². The van der Waals surface area contributed by atoms with E-state index in [0.29, 0.717) is 6.04 Å². The number of rotatable bonds is 4. The van der Waals surface area contributed by atoms with Crippen LogP contribution in [0.4, 0.5) is 0 Å². The fourth-order valence-electron chi connectivity index (χ4n) is 2.63. The van der Waals surface area contributed by atoms with Crippen molar-refractivity contribution in [1.82, 2.24) is 4.90 Å². The third-order valence-corrected chi connectivity index (χ3v) is 4.35. The molecule has 0 amide bonds. The lowest BCUT2D eigenvalue weighted by molar-refractivity contribution is -0.0495. The van der Waals surface area contributed by atoms with Crippen molar-refractivity contribution in [3.8, 4) is 0 Å². The van der Waals surface area contributed by atoms with Gasteiger partial charge >= 0.3 is 0 Å². The zero-order valence-electron chi connectivity index (χ0n) is 12.6. The number of nitrogens with two attached hydrogens (primary N) is 1. The van der Waals surface area contributed by atoms with Gasteiger partial charge in [0.05, 0.1) is 12.7 Å². The minimum atomic E-state index is -0.0169. The average molecular weight is 297 g/mol. The Labute approximate surface area is 127 Å². The zero-order valence-corrected chi connectivity index (χ0v) is 13.4. The first kappa shape index (κ1) is 15.8. The number of hydrogen-bond donors (Lipinski definition) is 1. The van der Waals surface area contributed by atoms with Gasteiger partial charge in [0.2, 0.25) is 0 Å². The van der Waals surface area contributed by atoms with E-state index in [-0.39, 0.29) is 12.1 Å². The number of benzene rings is 1. The van der Waals surface area contributed by atoms with Crippen molar-refractivity contribution >= 4 is 11.6 Å². The monoisotopic (exact) mass is 296 g/mol. The topological polar surface area (TPSA) is 38.5 Å². The number of halogens is 1. The maximum atomic E-state index is 6.34. The maximum Gasteiger partial charge on any atom is 0.0856 e. The molecule has 3 nitrogen and oxygen atoms in total.